The summed E-state index contributed by atoms with van der Waals surface area (Å²) < 4.78 is 0. The molecule has 0 atom stereocenters. The fourth-order valence-electron chi connectivity index (χ4n) is 3.15. The van der Waals surface area contributed by atoms with Gasteiger partial charge in [0.15, 0.2) is 5.69 Å². The molecule has 1 aromatic heterocycles. The summed E-state index contributed by atoms with van der Waals surface area (Å²) in [6, 6.07) is 16.1. The van der Waals surface area contributed by atoms with Crippen molar-refractivity contribution in [3.8, 4) is 0 Å². The minimum atomic E-state index is 0.00848. The molecule has 0 saturated carbocycles. The molecule has 2 aromatic carbocycles. The second-order valence-electron chi connectivity index (χ2n) is 5.72. The third kappa shape index (κ3) is 2.17. The SMILES string of the molecule is O=C(c1n[nH]c2ccccc12)N1CCCc2ccccc2C1. The van der Waals surface area contributed by atoms with Crippen molar-refractivity contribution in [3.05, 3.63) is 65.4 Å². The van der Waals surface area contributed by atoms with Crippen LogP contribution in [0.25, 0.3) is 10.9 Å². The van der Waals surface area contributed by atoms with Gasteiger partial charge in [-0.25, -0.2) is 0 Å². The molecular formula is C18H17N3O. The predicted octanol–water partition coefficient (Wildman–Crippen LogP) is 3.15. The minimum absolute atomic E-state index is 0.00848. The minimum Gasteiger partial charge on any atom is -0.333 e. The van der Waals surface area contributed by atoms with Gasteiger partial charge in [-0.3, -0.25) is 9.89 Å². The maximum absolute atomic E-state index is 12.9. The summed E-state index contributed by atoms with van der Waals surface area (Å²) in [6.07, 6.45) is 2.02. The third-order valence-corrected chi connectivity index (χ3v) is 4.31. The van der Waals surface area contributed by atoms with E-state index in [1.807, 2.05) is 35.2 Å². The molecule has 4 nitrogen and oxygen atoms in total. The van der Waals surface area contributed by atoms with Crippen LogP contribution >= 0.6 is 0 Å². The topological polar surface area (TPSA) is 49.0 Å². The van der Waals surface area contributed by atoms with E-state index in [1.165, 1.54) is 11.1 Å². The Kier molecular flexibility index (Phi) is 3.15. The smallest absolute Gasteiger partial charge is 0.275 e. The van der Waals surface area contributed by atoms with Gasteiger partial charge in [-0.1, -0.05) is 42.5 Å². The first-order chi connectivity index (χ1) is 10.8. The second kappa shape index (κ2) is 5.30. The Labute approximate surface area is 128 Å². The van der Waals surface area contributed by atoms with E-state index in [1.54, 1.807) is 0 Å². The number of rotatable bonds is 1. The maximum Gasteiger partial charge on any atom is 0.275 e. The molecule has 0 saturated heterocycles. The highest BCUT2D eigenvalue weighted by molar-refractivity contribution is 6.04. The molecule has 1 aliphatic rings. The molecule has 4 heteroatoms. The zero-order valence-corrected chi connectivity index (χ0v) is 12.2. The van der Waals surface area contributed by atoms with E-state index in [2.05, 4.69) is 28.4 Å². The number of H-pyrrole nitrogens is 1. The lowest BCUT2D eigenvalue weighted by molar-refractivity contribution is 0.0742. The Morgan fingerprint density at radius 3 is 2.73 bits per heavy atom. The molecule has 1 aliphatic heterocycles. The quantitative estimate of drug-likeness (QED) is 0.748. The predicted molar refractivity (Wildman–Crippen MR) is 85.6 cm³/mol. The summed E-state index contributed by atoms with van der Waals surface area (Å²) in [7, 11) is 0. The van der Waals surface area contributed by atoms with Gasteiger partial charge in [-0.2, -0.15) is 5.10 Å². The molecule has 0 radical (unpaired) electrons. The summed E-state index contributed by atoms with van der Waals surface area (Å²) in [5, 5.41) is 8.08. The average molecular weight is 291 g/mol. The zero-order chi connectivity index (χ0) is 14.9. The summed E-state index contributed by atoms with van der Waals surface area (Å²) in [5.74, 6) is 0.00848. The molecule has 0 unspecified atom stereocenters. The van der Waals surface area contributed by atoms with Gasteiger partial charge in [-0.15, -0.1) is 0 Å². The number of nitrogens with zero attached hydrogens (tertiary/aromatic N) is 2. The van der Waals surface area contributed by atoms with Crippen LogP contribution in [0.5, 0.6) is 0 Å². The number of amides is 1. The molecule has 110 valence electrons. The van der Waals surface area contributed by atoms with Crippen LogP contribution in [-0.2, 0) is 13.0 Å². The number of nitrogens with one attached hydrogen (secondary N) is 1. The van der Waals surface area contributed by atoms with Crippen molar-refractivity contribution in [2.75, 3.05) is 6.54 Å². The van der Waals surface area contributed by atoms with Gasteiger partial charge < -0.3 is 4.90 Å². The Morgan fingerprint density at radius 2 is 1.82 bits per heavy atom. The van der Waals surface area contributed by atoms with E-state index in [0.29, 0.717) is 12.2 Å². The Balaban J connectivity index is 1.68. The molecule has 0 bridgehead atoms. The molecule has 1 amide bonds. The highest BCUT2D eigenvalue weighted by atomic mass is 16.2. The standard InChI is InChI=1S/C18H17N3O/c22-18(17-15-9-3-4-10-16(15)19-20-17)21-11-5-8-13-6-1-2-7-14(13)12-21/h1-4,6-7,9-10H,5,8,11-12H2,(H,19,20). The maximum atomic E-state index is 12.9. The van der Waals surface area contributed by atoms with Crippen LogP contribution in [-0.4, -0.2) is 27.5 Å². The number of aromatic nitrogens is 2. The first-order valence-corrected chi connectivity index (χ1v) is 7.62. The molecule has 22 heavy (non-hydrogen) atoms. The van der Waals surface area contributed by atoms with Gasteiger partial charge in [0.25, 0.3) is 5.91 Å². The van der Waals surface area contributed by atoms with Crippen molar-refractivity contribution in [1.29, 1.82) is 0 Å². The van der Waals surface area contributed by atoms with E-state index in [0.717, 1.165) is 30.3 Å². The van der Waals surface area contributed by atoms with Gasteiger partial charge in [-0.05, 0) is 30.0 Å². The molecule has 3 aromatic rings. The first-order valence-electron chi connectivity index (χ1n) is 7.62. The van der Waals surface area contributed by atoms with Crippen LogP contribution in [0, 0.1) is 0 Å². The third-order valence-electron chi connectivity index (χ3n) is 4.31. The Morgan fingerprint density at radius 1 is 1.05 bits per heavy atom. The van der Waals surface area contributed by atoms with Crippen molar-refractivity contribution in [2.24, 2.45) is 0 Å². The number of hydrogen-bond donors (Lipinski definition) is 1. The van der Waals surface area contributed by atoms with Crippen LogP contribution in [0.2, 0.25) is 0 Å². The molecule has 4 rings (SSSR count). The van der Waals surface area contributed by atoms with Crippen molar-refractivity contribution in [2.45, 2.75) is 19.4 Å². The molecule has 0 fully saturated rings. The fraction of sp³-hybridized carbons (Fsp3) is 0.222. The van der Waals surface area contributed by atoms with Gasteiger partial charge >= 0.3 is 0 Å². The monoisotopic (exact) mass is 291 g/mol. The van der Waals surface area contributed by atoms with E-state index in [9.17, 15) is 4.79 Å². The van der Waals surface area contributed by atoms with Crippen molar-refractivity contribution in [1.82, 2.24) is 15.1 Å². The largest absolute Gasteiger partial charge is 0.333 e. The van der Waals surface area contributed by atoms with Crippen LogP contribution in [0.3, 0.4) is 0 Å². The zero-order valence-electron chi connectivity index (χ0n) is 12.2. The van der Waals surface area contributed by atoms with Crippen LogP contribution in [0.1, 0.15) is 28.0 Å². The van der Waals surface area contributed by atoms with Gasteiger partial charge in [0.1, 0.15) is 0 Å². The number of fused-ring (bicyclic) bond motifs is 2. The number of benzene rings is 2. The lowest BCUT2D eigenvalue weighted by Crippen LogP contribution is -2.31. The van der Waals surface area contributed by atoms with Crippen LogP contribution in [0.15, 0.2) is 48.5 Å². The highest BCUT2D eigenvalue weighted by Gasteiger charge is 2.23. The van der Waals surface area contributed by atoms with Crippen molar-refractivity contribution in [3.63, 3.8) is 0 Å². The number of carbonyl (C=O) groups excluding carboxylic acids is 1. The molecule has 0 aliphatic carbocycles. The lowest BCUT2D eigenvalue weighted by atomic mass is 10.0. The normalized spacial score (nSPS) is 14.6. The average Bonchev–Trinajstić information content (AvgIpc) is 2.86. The number of hydrogen-bond acceptors (Lipinski definition) is 2. The first kappa shape index (κ1) is 13.1. The molecule has 0 spiro atoms. The van der Waals surface area contributed by atoms with Crippen LogP contribution in [0.4, 0.5) is 0 Å². The number of aryl methyl sites for hydroxylation is 1. The summed E-state index contributed by atoms with van der Waals surface area (Å²) in [6.45, 7) is 1.44. The Bertz CT molecular complexity index is 837. The van der Waals surface area contributed by atoms with Crippen molar-refractivity contribution >= 4 is 16.8 Å². The van der Waals surface area contributed by atoms with Gasteiger partial charge in [0, 0.05) is 18.5 Å². The van der Waals surface area contributed by atoms with Gasteiger partial charge in [0.05, 0.1) is 5.52 Å². The van der Waals surface area contributed by atoms with E-state index in [-0.39, 0.29) is 5.91 Å². The molecular weight excluding hydrogens is 274 g/mol. The summed E-state index contributed by atoms with van der Waals surface area (Å²) in [5.41, 5.74) is 4.02. The van der Waals surface area contributed by atoms with E-state index < -0.39 is 0 Å². The lowest BCUT2D eigenvalue weighted by Gasteiger charge is -2.20. The number of aromatic amines is 1. The Hall–Kier alpha value is -2.62. The summed E-state index contributed by atoms with van der Waals surface area (Å²) >= 11 is 0. The van der Waals surface area contributed by atoms with E-state index >= 15 is 0 Å². The fourth-order valence-corrected chi connectivity index (χ4v) is 3.15. The second-order valence-corrected chi connectivity index (χ2v) is 5.72. The van der Waals surface area contributed by atoms with E-state index in [4.69, 9.17) is 0 Å². The highest BCUT2D eigenvalue weighted by Crippen LogP contribution is 2.22. The molecule has 1 N–H and O–H groups in total. The van der Waals surface area contributed by atoms with Crippen molar-refractivity contribution < 1.29 is 4.79 Å². The van der Waals surface area contributed by atoms with Crippen LogP contribution < -0.4 is 0 Å². The summed E-state index contributed by atoms with van der Waals surface area (Å²) in [4.78, 5) is 14.8. The molecule has 2 heterocycles. The number of para-hydroxylation sites is 1. The van der Waals surface area contributed by atoms with Gasteiger partial charge in [0.2, 0.25) is 0 Å². The number of carbonyl (C=O) groups is 1.